The molecule has 4 nitrogen and oxygen atoms in total. The number of rotatable bonds is 3. The lowest BCUT2D eigenvalue weighted by atomic mass is 9.52. The van der Waals surface area contributed by atoms with Crippen molar-refractivity contribution in [3.8, 4) is 0 Å². The number of amides is 1. The van der Waals surface area contributed by atoms with Gasteiger partial charge in [0.1, 0.15) is 6.10 Å². The smallest absolute Gasteiger partial charge is 0.312 e. The highest BCUT2D eigenvalue weighted by atomic mass is 16.5. The van der Waals surface area contributed by atoms with Gasteiger partial charge in [0.05, 0.1) is 5.41 Å². The number of hydrogen-bond acceptors (Lipinski definition) is 3. The van der Waals surface area contributed by atoms with Crippen LogP contribution >= 0.6 is 0 Å². The SMILES string of the molecule is CC(C)[C@@H]1CC[C@@H](C)C[C@H]1OC(=O)[C@@]1(C)C[C@@]2(C)CNC(=O)[C@](C)(C2)C1. The molecule has 1 heterocycles. The van der Waals surface area contributed by atoms with E-state index in [1.807, 2.05) is 13.8 Å². The Bertz CT molecular complexity index is 588. The third-order valence-corrected chi connectivity index (χ3v) is 7.35. The summed E-state index contributed by atoms with van der Waals surface area (Å²) in [5, 5.41) is 3.06. The molecule has 6 atom stereocenters. The molecule has 0 radical (unpaired) electrons. The normalized spacial score (nSPS) is 46.0. The van der Waals surface area contributed by atoms with E-state index in [0.29, 0.717) is 30.7 Å². The van der Waals surface area contributed by atoms with Crippen LogP contribution in [0.3, 0.4) is 0 Å². The van der Waals surface area contributed by atoms with Crippen LogP contribution in [0.15, 0.2) is 0 Å². The van der Waals surface area contributed by atoms with E-state index in [0.717, 1.165) is 25.7 Å². The quantitative estimate of drug-likeness (QED) is 0.760. The van der Waals surface area contributed by atoms with Gasteiger partial charge in [-0.2, -0.15) is 0 Å². The first-order valence-electron chi connectivity index (χ1n) is 10.5. The number of fused-ring (bicyclic) bond motifs is 2. The van der Waals surface area contributed by atoms with Crippen LogP contribution in [0.5, 0.6) is 0 Å². The van der Waals surface area contributed by atoms with Crippen molar-refractivity contribution >= 4 is 11.9 Å². The average Bonchev–Trinajstić information content (AvgIpc) is 2.50. The van der Waals surface area contributed by atoms with Crippen molar-refractivity contribution in [1.82, 2.24) is 5.32 Å². The van der Waals surface area contributed by atoms with E-state index in [2.05, 4.69) is 33.0 Å². The predicted molar refractivity (Wildman–Crippen MR) is 102 cm³/mol. The first-order valence-corrected chi connectivity index (χ1v) is 10.5. The molecule has 0 aromatic heterocycles. The zero-order valence-electron chi connectivity index (χ0n) is 17.5. The summed E-state index contributed by atoms with van der Waals surface area (Å²) < 4.78 is 6.20. The maximum absolute atomic E-state index is 13.3. The second kappa shape index (κ2) is 6.53. The Morgan fingerprint density at radius 3 is 2.50 bits per heavy atom. The highest BCUT2D eigenvalue weighted by Crippen LogP contribution is 2.56. The minimum atomic E-state index is -0.568. The molecule has 1 saturated heterocycles. The first-order chi connectivity index (χ1) is 12.0. The number of esters is 1. The maximum Gasteiger partial charge on any atom is 0.312 e. The molecule has 4 heteroatoms. The number of nitrogens with one attached hydrogen (secondary N) is 1. The molecule has 1 aliphatic heterocycles. The van der Waals surface area contributed by atoms with Gasteiger partial charge in [-0.1, -0.05) is 41.0 Å². The van der Waals surface area contributed by atoms with E-state index < -0.39 is 10.8 Å². The molecular weight excluding hydrogens is 326 g/mol. The number of piperidine rings is 1. The van der Waals surface area contributed by atoms with E-state index in [1.165, 1.54) is 6.42 Å². The van der Waals surface area contributed by atoms with Crippen molar-refractivity contribution in [2.75, 3.05) is 6.54 Å². The molecule has 3 aliphatic rings. The average molecular weight is 364 g/mol. The van der Waals surface area contributed by atoms with Crippen LogP contribution in [0.25, 0.3) is 0 Å². The topological polar surface area (TPSA) is 55.4 Å². The van der Waals surface area contributed by atoms with Crippen LogP contribution in [0, 0.1) is 34.0 Å². The molecule has 148 valence electrons. The fraction of sp³-hybridized carbons (Fsp3) is 0.909. The number of ether oxygens (including phenoxy) is 1. The van der Waals surface area contributed by atoms with Crippen LogP contribution in [-0.4, -0.2) is 24.5 Å². The molecule has 1 N–H and O–H groups in total. The van der Waals surface area contributed by atoms with E-state index >= 15 is 0 Å². The zero-order chi connectivity index (χ0) is 19.3. The predicted octanol–water partition coefficient (Wildman–Crippen LogP) is 4.32. The van der Waals surface area contributed by atoms with Crippen LogP contribution in [0.2, 0.25) is 0 Å². The Hall–Kier alpha value is -1.06. The van der Waals surface area contributed by atoms with Crippen molar-refractivity contribution in [3.63, 3.8) is 0 Å². The second-order valence-electron chi connectivity index (χ2n) is 10.9. The van der Waals surface area contributed by atoms with Gasteiger partial charge >= 0.3 is 5.97 Å². The third-order valence-electron chi connectivity index (χ3n) is 7.35. The van der Waals surface area contributed by atoms with Crippen molar-refractivity contribution in [1.29, 1.82) is 0 Å². The molecule has 0 aromatic rings. The lowest BCUT2D eigenvalue weighted by Gasteiger charge is -2.54. The first kappa shape index (κ1) is 19.7. The molecule has 2 bridgehead atoms. The van der Waals surface area contributed by atoms with Gasteiger partial charge in [-0.3, -0.25) is 9.59 Å². The maximum atomic E-state index is 13.3. The fourth-order valence-electron chi connectivity index (χ4n) is 6.40. The van der Waals surface area contributed by atoms with Crippen LogP contribution in [-0.2, 0) is 14.3 Å². The van der Waals surface area contributed by atoms with E-state index in [-0.39, 0.29) is 23.4 Å². The van der Waals surface area contributed by atoms with E-state index in [4.69, 9.17) is 4.74 Å². The van der Waals surface area contributed by atoms with Gasteiger partial charge in [-0.15, -0.1) is 0 Å². The summed E-state index contributed by atoms with van der Waals surface area (Å²) in [6.07, 6.45) is 5.62. The van der Waals surface area contributed by atoms with Gasteiger partial charge < -0.3 is 10.1 Å². The summed E-state index contributed by atoms with van der Waals surface area (Å²) in [4.78, 5) is 25.8. The lowest BCUT2D eigenvalue weighted by molar-refractivity contribution is -0.180. The highest BCUT2D eigenvalue weighted by Gasteiger charge is 2.58. The van der Waals surface area contributed by atoms with Crippen LogP contribution in [0.4, 0.5) is 0 Å². The van der Waals surface area contributed by atoms with Crippen molar-refractivity contribution in [2.45, 2.75) is 86.2 Å². The minimum absolute atomic E-state index is 0.0218. The monoisotopic (exact) mass is 363 g/mol. The largest absolute Gasteiger partial charge is 0.462 e. The summed E-state index contributed by atoms with van der Waals surface area (Å²) in [7, 11) is 0. The lowest BCUT2D eigenvalue weighted by Crippen LogP contribution is -2.60. The Morgan fingerprint density at radius 1 is 1.15 bits per heavy atom. The molecule has 0 unspecified atom stereocenters. The molecule has 2 saturated carbocycles. The fourth-order valence-corrected chi connectivity index (χ4v) is 6.40. The molecule has 26 heavy (non-hydrogen) atoms. The standard InChI is InChI=1S/C22H37NO3/c1-14(2)16-8-7-15(3)9-17(16)26-19(25)22(6)11-20(4)10-21(5,12-22)18(24)23-13-20/h14-17H,7-13H2,1-6H3,(H,23,24)/t15-,16+,17-,20+,21-,22+/m1/s1. The van der Waals surface area contributed by atoms with Gasteiger partial charge in [-0.25, -0.2) is 0 Å². The molecule has 0 spiro atoms. The number of carbonyl (C=O) groups excluding carboxylic acids is 2. The van der Waals surface area contributed by atoms with Gasteiger partial charge in [0.2, 0.25) is 5.91 Å². The third kappa shape index (κ3) is 3.53. The van der Waals surface area contributed by atoms with Crippen molar-refractivity contribution in [2.24, 2.45) is 34.0 Å². The Labute approximate surface area is 158 Å². The summed E-state index contributed by atoms with van der Waals surface area (Å²) in [5.41, 5.74) is -1.05. The molecule has 1 amide bonds. The molecular formula is C22H37NO3. The summed E-state index contributed by atoms with van der Waals surface area (Å²) in [6.45, 7) is 13.6. The Morgan fingerprint density at radius 2 is 1.85 bits per heavy atom. The summed E-state index contributed by atoms with van der Waals surface area (Å²) >= 11 is 0. The second-order valence-corrected chi connectivity index (χ2v) is 10.9. The Balaban J connectivity index is 1.79. The number of carbonyl (C=O) groups is 2. The van der Waals surface area contributed by atoms with Crippen molar-refractivity contribution in [3.05, 3.63) is 0 Å². The zero-order valence-corrected chi connectivity index (χ0v) is 17.5. The van der Waals surface area contributed by atoms with Gasteiger partial charge in [0, 0.05) is 12.0 Å². The van der Waals surface area contributed by atoms with E-state index in [1.54, 1.807) is 0 Å². The summed E-state index contributed by atoms with van der Waals surface area (Å²) in [5.74, 6) is 1.62. The number of hydrogen-bond donors (Lipinski definition) is 1. The van der Waals surface area contributed by atoms with Crippen LogP contribution < -0.4 is 5.32 Å². The molecule has 3 rings (SSSR count). The highest BCUT2D eigenvalue weighted by molar-refractivity contribution is 5.86. The minimum Gasteiger partial charge on any atom is -0.462 e. The van der Waals surface area contributed by atoms with Gasteiger partial charge in [0.25, 0.3) is 0 Å². The van der Waals surface area contributed by atoms with Crippen LogP contribution in [0.1, 0.15) is 80.1 Å². The summed E-state index contributed by atoms with van der Waals surface area (Å²) in [6, 6.07) is 0. The van der Waals surface area contributed by atoms with Gasteiger partial charge in [0.15, 0.2) is 0 Å². The molecule has 3 fully saturated rings. The van der Waals surface area contributed by atoms with E-state index in [9.17, 15) is 9.59 Å². The molecule has 2 aliphatic carbocycles. The van der Waals surface area contributed by atoms with Gasteiger partial charge in [-0.05, 0) is 62.2 Å². The molecule has 0 aromatic carbocycles. The Kier molecular flexibility index (Phi) is 4.94. The van der Waals surface area contributed by atoms with Crippen molar-refractivity contribution < 1.29 is 14.3 Å².